The number of hydrogen-bond donors (Lipinski definition) is 1. The Hall–Kier alpha value is -3.46. The Morgan fingerprint density at radius 1 is 0.865 bits per heavy atom. The van der Waals surface area contributed by atoms with E-state index in [0.717, 1.165) is 0 Å². The molecule has 0 saturated carbocycles. The van der Waals surface area contributed by atoms with Gasteiger partial charge in [0.1, 0.15) is 29.3 Å². The maximum absolute atomic E-state index is 11.1. The SMILES string of the molecule is COc1ccccc1C(C#N)N1CCCN(C(C#N)c2ccccc2OC)C1c1cc(Cl)cc(Cl)c1O. The van der Waals surface area contributed by atoms with Crippen molar-refractivity contribution in [2.24, 2.45) is 0 Å². The van der Waals surface area contributed by atoms with E-state index in [1.54, 1.807) is 32.4 Å². The first-order valence-electron chi connectivity index (χ1n) is 11.7. The number of rotatable bonds is 7. The molecule has 0 bridgehead atoms. The second-order valence-electron chi connectivity index (χ2n) is 8.58. The number of benzene rings is 3. The van der Waals surface area contributed by atoms with Crippen LogP contribution in [0.2, 0.25) is 10.0 Å². The number of hydrogen-bond acceptors (Lipinski definition) is 7. The van der Waals surface area contributed by atoms with Crippen LogP contribution in [0.1, 0.15) is 41.4 Å². The van der Waals surface area contributed by atoms with Gasteiger partial charge in [0, 0.05) is 34.8 Å². The average Bonchev–Trinajstić information content (AvgIpc) is 2.92. The summed E-state index contributed by atoms with van der Waals surface area (Å²) >= 11 is 12.7. The maximum Gasteiger partial charge on any atom is 0.140 e. The highest BCUT2D eigenvalue weighted by Gasteiger charge is 2.42. The predicted molar refractivity (Wildman–Crippen MR) is 142 cm³/mol. The maximum atomic E-state index is 11.1. The van der Waals surface area contributed by atoms with Gasteiger partial charge >= 0.3 is 0 Å². The lowest BCUT2D eigenvalue weighted by Gasteiger charge is -2.47. The number of ether oxygens (including phenoxy) is 2. The number of methoxy groups -OCH3 is 2. The Kier molecular flexibility index (Phi) is 8.43. The van der Waals surface area contributed by atoms with E-state index in [4.69, 9.17) is 32.7 Å². The molecule has 190 valence electrons. The van der Waals surface area contributed by atoms with Gasteiger partial charge in [0.05, 0.1) is 37.5 Å². The number of nitriles is 2. The Balaban J connectivity index is 1.93. The molecule has 1 fully saturated rings. The first-order chi connectivity index (χ1) is 17.9. The smallest absolute Gasteiger partial charge is 0.140 e. The zero-order chi connectivity index (χ0) is 26.5. The van der Waals surface area contributed by atoms with E-state index in [-0.39, 0.29) is 10.8 Å². The number of nitrogens with zero attached hydrogens (tertiary/aromatic N) is 4. The Morgan fingerprint density at radius 3 is 1.81 bits per heavy atom. The fourth-order valence-electron chi connectivity index (χ4n) is 4.98. The minimum Gasteiger partial charge on any atom is -0.506 e. The summed E-state index contributed by atoms with van der Waals surface area (Å²) < 4.78 is 11.1. The van der Waals surface area contributed by atoms with Crippen molar-refractivity contribution in [1.82, 2.24) is 9.80 Å². The van der Waals surface area contributed by atoms with Crippen molar-refractivity contribution in [3.05, 3.63) is 87.4 Å². The first kappa shape index (κ1) is 26.6. The minimum atomic E-state index is -0.752. The third kappa shape index (κ3) is 5.18. The van der Waals surface area contributed by atoms with Gasteiger partial charge in [-0.3, -0.25) is 9.80 Å². The monoisotopic (exact) mass is 536 g/mol. The van der Waals surface area contributed by atoms with E-state index in [1.165, 1.54) is 6.07 Å². The van der Waals surface area contributed by atoms with Crippen molar-refractivity contribution >= 4 is 23.2 Å². The molecule has 1 heterocycles. The van der Waals surface area contributed by atoms with Crippen LogP contribution in [0.15, 0.2) is 60.7 Å². The molecular weight excluding hydrogens is 511 g/mol. The largest absolute Gasteiger partial charge is 0.506 e. The fraction of sp³-hybridized carbons (Fsp3) is 0.286. The highest BCUT2D eigenvalue weighted by molar-refractivity contribution is 6.35. The third-order valence-electron chi connectivity index (χ3n) is 6.57. The molecule has 37 heavy (non-hydrogen) atoms. The first-order valence-corrected chi connectivity index (χ1v) is 12.4. The molecule has 4 rings (SSSR count). The van der Waals surface area contributed by atoms with Gasteiger partial charge in [-0.15, -0.1) is 0 Å². The Bertz CT molecular complexity index is 1280. The lowest BCUT2D eigenvalue weighted by Crippen LogP contribution is -2.50. The van der Waals surface area contributed by atoms with E-state index >= 15 is 0 Å². The van der Waals surface area contributed by atoms with Crippen LogP contribution < -0.4 is 9.47 Å². The highest BCUT2D eigenvalue weighted by atomic mass is 35.5. The number of aromatic hydroxyl groups is 1. The molecule has 1 aliphatic heterocycles. The molecule has 0 aliphatic carbocycles. The van der Waals surface area contributed by atoms with Crippen LogP contribution in [0, 0.1) is 22.7 Å². The summed E-state index contributed by atoms with van der Waals surface area (Å²) in [5, 5.41) is 32.3. The summed E-state index contributed by atoms with van der Waals surface area (Å²) in [6.45, 7) is 1.04. The summed E-state index contributed by atoms with van der Waals surface area (Å²) in [6, 6.07) is 21.1. The van der Waals surface area contributed by atoms with Crippen LogP contribution in [0.4, 0.5) is 0 Å². The van der Waals surface area contributed by atoms with Crippen molar-refractivity contribution < 1.29 is 14.6 Å². The van der Waals surface area contributed by atoms with Gasteiger partial charge in [-0.2, -0.15) is 10.5 Å². The zero-order valence-electron chi connectivity index (χ0n) is 20.4. The average molecular weight is 537 g/mol. The van der Waals surface area contributed by atoms with Crippen LogP contribution in [0.5, 0.6) is 17.2 Å². The Labute approximate surface area is 226 Å². The molecule has 2 atom stereocenters. The van der Waals surface area contributed by atoms with Crippen LogP contribution in [0.25, 0.3) is 0 Å². The van der Waals surface area contributed by atoms with Crippen molar-refractivity contribution in [2.45, 2.75) is 24.7 Å². The van der Waals surface area contributed by atoms with E-state index < -0.39 is 18.2 Å². The lowest BCUT2D eigenvalue weighted by atomic mass is 9.96. The quantitative estimate of drug-likeness (QED) is 0.381. The van der Waals surface area contributed by atoms with E-state index in [0.29, 0.717) is 52.7 Å². The number of para-hydroxylation sites is 2. The van der Waals surface area contributed by atoms with Gasteiger partial charge in [-0.1, -0.05) is 59.6 Å². The van der Waals surface area contributed by atoms with Gasteiger partial charge in [0.2, 0.25) is 0 Å². The minimum absolute atomic E-state index is 0.0876. The second-order valence-corrected chi connectivity index (χ2v) is 9.42. The van der Waals surface area contributed by atoms with Crippen molar-refractivity contribution in [3.8, 4) is 29.4 Å². The van der Waals surface area contributed by atoms with Gasteiger partial charge < -0.3 is 14.6 Å². The molecule has 0 aromatic heterocycles. The summed E-state index contributed by atoms with van der Waals surface area (Å²) in [5.74, 6) is 0.987. The fourth-order valence-corrected chi connectivity index (χ4v) is 5.49. The van der Waals surface area contributed by atoms with E-state index in [2.05, 4.69) is 12.1 Å². The molecule has 1 aliphatic rings. The molecule has 3 aromatic rings. The predicted octanol–water partition coefficient (Wildman–Crippen LogP) is 6.25. The third-order valence-corrected chi connectivity index (χ3v) is 7.08. The normalized spacial score (nSPS) is 17.8. The molecule has 1 N–H and O–H groups in total. The molecule has 9 heteroatoms. The molecular formula is C28H26Cl2N4O3. The van der Waals surface area contributed by atoms with Gasteiger partial charge in [-0.25, -0.2) is 0 Å². The zero-order valence-corrected chi connectivity index (χ0v) is 21.9. The van der Waals surface area contributed by atoms with Crippen LogP contribution >= 0.6 is 23.2 Å². The summed E-state index contributed by atoms with van der Waals surface area (Å²) in [6.07, 6.45) is -0.0410. The number of phenols is 1. The van der Waals surface area contributed by atoms with E-state index in [1.807, 2.05) is 46.2 Å². The van der Waals surface area contributed by atoms with Crippen LogP contribution in [0.3, 0.4) is 0 Å². The standard InChI is InChI=1S/C28H26Cl2N4O3/c1-36-25-10-5-3-8-19(25)23(16-31)33-12-7-13-34(24(17-32)20-9-4-6-11-26(20)37-2)28(33)21-14-18(29)15-22(30)27(21)35/h3-6,8-11,14-15,23-24,28,35H,7,12-13H2,1-2H3. The molecule has 0 amide bonds. The highest BCUT2D eigenvalue weighted by Crippen LogP contribution is 2.47. The van der Waals surface area contributed by atoms with Gasteiger partial charge in [-0.05, 0) is 30.7 Å². The summed E-state index contributed by atoms with van der Waals surface area (Å²) in [4.78, 5) is 3.89. The molecule has 7 nitrogen and oxygen atoms in total. The lowest BCUT2D eigenvalue weighted by molar-refractivity contribution is -0.0304. The van der Waals surface area contributed by atoms with E-state index in [9.17, 15) is 15.6 Å². The topological polar surface area (TPSA) is 92.8 Å². The van der Waals surface area contributed by atoms with Crippen molar-refractivity contribution in [1.29, 1.82) is 10.5 Å². The van der Waals surface area contributed by atoms with Crippen molar-refractivity contribution in [3.63, 3.8) is 0 Å². The number of phenolic OH excluding ortho intramolecular Hbond substituents is 1. The molecule has 0 radical (unpaired) electrons. The summed E-state index contributed by atoms with van der Waals surface area (Å²) in [7, 11) is 3.12. The molecule has 3 aromatic carbocycles. The summed E-state index contributed by atoms with van der Waals surface area (Å²) in [5.41, 5.74) is 1.76. The number of halogens is 2. The molecule has 0 spiro atoms. The van der Waals surface area contributed by atoms with Crippen LogP contribution in [-0.4, -0.2) is 42.2 Å². The molecule has 1 saturated heterocycles. The Morgan fingerprint density at radius 2 is 1.35 bits per heavy atom. The van der Waals surface area contributed by atoms with Gasteiger partial charge in [0.25, 0.3) is 0 Å². The van der Waals surface area contributed by atoms with Crippen LogP contribution in [-0.2, 0) is 0 Å². The molecule has 2 unspecified atom stereocenters. The second kappa shape index (κ2) is 11.7. The van der Waals surface area contributed by atoms with Crippen molar-refractivity contribution in [2.75, 3.05) is 27.3 Å². The van der Waals surface area contributed by atoms with Gasteiger partial charge in [0.15, 0.2) is 0 Å².